The Kier molecular flexibility index (Phi) is 4.56. The van der Waals surface area contributed by atoms with Crippen molar-refractivity contribution in [2.75, 3.05) is 4.72 Å². The Morgan fingerprint density at radius 1 is 0.893 bits per heavy atom. The number of anilines is 1. The Morgan fingerprint density at radius 2 is 1.50 bits per heavy atom. The summed E-state index contributed by atoms with van der Waals surface area (Å²) in [6.45, 7) is 3.74. The number of aromatic nitrogens is 3. The summed E-state index contributed by atoms with van der Waals surface area (Å²) in [5.41, 5.74) is 4.24. The van der Waals surface area contributed by atoms with Gasteiger partial charge in [0.1, 0.15) is 11.0 Å². The molecular formula is C20H17ClN4O2S. The number of fused-ring (bicyclic) bond motifs is 1. The highest BCUT2D eigenvalue weighted by atomic mass is 35.5. The molecule has 1 N–H and O–H groups in total. The molecule has 4 aromatic rings. The number of nitrogens with one attached hydrogen (secondary N) is 1. The number of benzene rings is 3. The van der Waals surface area contributed by atoms with E-state index in [0.717, 1.165) is 16.8 Å². The number of aryl methyl sites for hydroxylation is 2. The molecular weight excluding hydrogens is 396 g/mol. The van der Waals surface area contributed by atoms with Gasteiger partial charge in [0.2, 0.25) is 0 Å². The van der Waals surface area contributed by atoms with Crippen LogP contribution in [0, 0.1) is 13.8 Å². The quantitative estimate of drug-likeness (QED) is 0.535. The molecule has 4 rings (SSSR count). The molecule has 3 aromatic carbocycles. The third kappa shape index (κ3) is 3.58. The molecule has 0 radical (unpaired) electrons. The number of sulfonamides is 1. The van der Waals surface area contributed by atoms with Gasteiger partial charge in [0.05, 0.1) is 16.3 Å². The van der Waals surface area contributed by atoms with E-state index in [1.807, 2.05) is 32.0 Å². The molecule has 0 spiro atoms. The SMILES string of the molecule is Cc1ccc(S(=O)(=O)Nc2cc3nn(-c4ccc(Cl)cc4)nc3cc2C)cc1. The van der Waals surface area contributed by atoms with Gasteiger partial charge in [-0.2, -0.15) is 4.80 Å². The summed E-state index contributed by atoms with van der Waals surface area (Å²) < 4.78 is 28.0. The van der Waals surface area contributed by atoms with Crippen molar-refractivity contribution in [2.24, 2.45) is 0 Å². The predicted molar refractivity (Wildman–Crippen MR) is 111 cm³/mol. The molecule has 1 heterocycles. The minimum Gasteiger partial charge on any atom is -0.279 e. The summed E-state index contributed by atoms with van der Waals surface area (Å²) >= 11 is 5.92. The third-order valence-corrected chi connectivity index (χ3v) is 5.99. The van der Waals surface area contributed by atoms with Crippen LogP contribution in [0.2, 0.25) is 5.02 Å². The molecule has 0 aliphatic carbocycles. The van der Waals surface area contributed by atoms with Crippen LogP contribution in [0.3, 0.4) is 0 Å². The van der Waals surface area contributed by atoms with Gasteiger partial charge in [0.25, 0.3) is 10.0 Å². The first kappa shape index (κ1) is 18.5. The Hall–Kier alpha value is -2.90. The lowest BCUT2D eigenvalue weighted by molar-refractivity contribution is 0.601. The second kappa shape index (κ2) is 6.92. The van der Waals surface area contributed by atoms with Crippen molar-refractivity contribution in [3.05, 3.63) is 76.8 Å². The Balaban J connectivity index is 1.71. The van der Waals surface area contributed by atoms with Gasteiger partial charge in [0, 0.05) is 5.02 Å². The van der Waals surface area contributed by atoms with Crippen LogP contribution < -0.4 is 4.72 Å². The molecule has 142 valence electrons. The second-order valence-corrected chi connectivity index (χ2v) is 8.66. The van der Waals surface area contributed by atoms with E-state index in [2.05, 4.69) is 14.9 Å². The summed E-state index contributed by atoms with van der Waals surface area (Å²) in [7, 11) is -3.69. The van der Waals surface area contributed by atoms with Gasteiger partial charge in [-0.3, -0.25) is 4.72 Å². The van der Waals surface area contributed by atoms with Gasteiger partial charge in [-0.25, -0.2) is 8.42 Å². The highest BCUT2D eigenvalue weighted by Gasteiger charge is 2.16. The zero-order chi connectivity index (χ0) is 19.9. The van der Waals surface area contributed by atoms with E-state index in [4.69, 9.17) is 11.6 Å². The average Bonchev–Trinajstić information content (AvgIpc) is 3.05. The lowest BCUT2D eigenvalue weighted by atomic mass is 10.2. The third-order valence-electron chi connectivity index (χ3n) is 4.36. The minimum atomic E-state index is -3.69. The summed E-state index contributed by atoms with van der Waals surface area (Å²) in [4.78, 5) is 1.71. The molecule has 6 nitrogen and oxygen atoms in total. The monoisotopic (exact) mass is 412 g/mol. The van der Waals surface area contributed by atoms with E-state index in [1.54, 1.807) is 42.5 Å². The molecule has 0 saturated carbocycles. The lowest BCUT2D eigenvalue weighted by Crippen LogP contribution is -2.13. The first-order chi connectivity index (χ1) is 13.3. The molecule has 0 saturated heterocycles. The van der Waals surface area contributed by atoms with Gasteiger partial charge >= 0.3 is 0 Å². The molecule has 0 unspecified atom stereocenters. The van der Waals surface area contributed by atoms with Crippen molar-refractivity contribution in [3.63, 3.8) is 0 Å². The first-order valence-electron chi connectivity index (χ1n) is 8.55. The maximum absolute atomic E-state index is 12.7. The van der Waals surface area contributed by atoms with Gasteiger partial charge in [-0.05, 0) is 67.9 Å². The van der Waals surface area contributed by atoms with Crippen LogP contribution in [0.5, 0.6) is 0 Å². The van der Waals surface area contributed by atoms with E-state index in [0.29, 0.717) is 21.7 Å². The number of rotatable bonds is 4. The van der Waals surface area contributed by atoms with E-state index < -0.39 is 10.0 Å². The van der Waals surface area contributed by atoms with Crippen molar-refractivity contribution in [2.45, 2.75) is 18.7 Å². The van der Waals surface area contributed by atoms with Gasteiger partial charge in [0.15, 0.2) is 0 Å². The molecule has 0 bridgehead atoms. The molecule has 1 aromatic heterocycles. The second-order valence-electron chi connectivity index (χ2n) is 6.54. The summed E-state index contributed by atoms with van der Waals surface area (Å²) in [6.07, 6.45) is 0. The van der Waals surface area contributed by atoms with Crippen LogP contribution in [0.25, 0.3) is 16.7 Å². The summed E-state index contributed by atoms with van der Waals surface area (Å²) in [5, 5.41) is 9.55. The lowest BCUT2D eigenvalue weighted by Gasteiger charge is -2.10. The van der Waals surface area contributed by atoms with Crippen LogP contribution in [0.15, 0.2) is 65.6 Å². The summed E-state index contributed by atoms with van der Waals surface area (Å²) in [6, 6.07) is 17.4. The van der Waals surface area contributed by atoms with Crippen molar-refractivity contribution in [1.29, 1.82) is 0 Å². The molecule has 0 fully saturated rings. The number of halogens is 1. The smallest absolute Gasteiger partial charge is 0.261 e. The predicted octanol–water partition coefficient (Wildman–Crippen LogP) is 4.49. The fraction of sp³-hybridized carbons (Fsp3) is 0.100. The molecule has 0 atom stereocenters. The van der Waals surface area contributed by atoms with Crippen molar-refractivity contribution in [3.8, 4) is 5.69 Å². The van der Waals surface area contributed by atoms with Crippen LogP contribution >= 0.6 is 11.6 Å². The molecule has 8 heteroatoms. The highest BCUT2D eigenvalue weighted by Crippen LogP contribution is 2.25. The minimum absolute atomic E-state index is 0.211. The van der Waals surface area contributed by atoms with Gasteiger partial charge in [-0.15, -0.1) is 10.2 Å². The molecule has 0 aliphatic rings. The number of hydrogen-bond donors (Lipinski definition) is 1. The Morgan fingerprint density at radius 3 is 2.14 bits per heavy atom. The van der Waals surface area contributed by atoms with Crippen LogP contribution in [-0.4, -0.2) is 23.4 Å². The van der Waals surface area contributed by atoms with Crippen LogP contribution in [0.1, 0.15) is 11.1 Å². The molecule has 28 heavy (non-hydrogen) atoms. The van der Waals surface area contributed by atoms with Gasteiger partial charge < -0.3 is 0 Å². The normalized spacial score (nSPS) is 11.7. The van der Waals surface area contributed by atoms with Crippen molar-refractivity contribution < 1.29 is 8.42 Å². The molecule has 0 aliphatic heterocycles. The van der Waals surface area contributed by atoms with Crippen molar-refractivity contribution >= 4 is 38.3 Å². The zero-order valence-electron chi connectivity index (χ0n) is 15.2. The maximum atomic E-state index is 12.7. The van der Waals surface area contributed by atoms with E-state index in [-0.39, 0.29) is 4.90 Å². The Bertz CT molecular complexity index is 1260. The molecule has 0 amide bonds. The topological polar surface area (TPSA) is 76.9 Å². The zero-order valence-corrected chi connectivity index (χ0v) is 16.8. The fourth-order valence-corrected chi connectivity index (χ4v) is 4.04. The van der Waals surface area contributed by atoms with Gasteiger partial charge in [-0.1, -0.05) is 29.3 Å². The highest BCUT2D eigenvalue weighted by molar-refractivity contribution is 7.92. The first-order valence-corrected chi connectivity index (χ1v) is 10.4. The van der Waals surface area contributed by atoms with Crippen LogP contribution in [-0.2, 0) is 10.0 Å². The van der Waals surface area contributed by atoms with Crippen molar-refractivity contribution in [1.82, 2.24) is 15.0 Å². The van der Waals surface area contributed by atoms with E-state index in [1.165, 1.54) is 4.80 Å². The van der Waals surface area contributed by atoms with E-state index >= 15 is 0 Å². The maximum Gasteiger partial charge on any atom is 0.261 e. The number of nitrogens with zero attached hydrogens (tertiary/aromatic N) is 3. The fourth-order valence-electron chi connectivity index (χ4n) is 2.79. The largest absolute Gasteiger partial charge is 0.279 e. The Labute approximate surface area is 167 Å². The summed E-state index contributed by atoms with van der Waals surface area (Å²) in [5.74, 6) is 0. The van der Waals surface area contributed by atoms with Crippen LogP contribution in [0.4, 0.5) is 5.69 Å². The number of hydrogen-bond acceptors (Lipinski definition) is 4. The standard InChI is InChI=1S/C20H17ClN4O2S/c1-13-3-9-17(10-4-13)28(26,27)24-18-12-20-19(11-14(18)2)22-25(23-20)16-7-5-15(21)6-8-16/h3-12,24H,1-2H3. The van der Waals surface area contributed by atoms with E-state index in [9.17, 15) is 8.42 Å². The average molecular weight is 413 g/mol.